The second-order valence-electron chi connectivity index (χ2n) is 7.78. The molecule has 0 spiro atoms. The molecule has 30 heavy (non-hydrogen) atoms. The van der Waals surface area contributed by atoms with Gasteiger partial charge in [0.05, 0.1) is 17.5 Å². The summed E-state index contributed by atoms with van der Waals surface area (Å²) in [6.07, 6.45) is 3.65. The third-order valence-electron chi connectivity index (χ3n) is 5.73. The number of sulfonamides is 1. The maximum absolute atomic E-state index is 13.3. The number of aromatic nitrogens is 2. The molecule has 160 valence electrons. The predicted octanol–water partition coefficient (Wildman–Crippen LogP) is 2.24. The first-order chi connectivity index (χ1) is 14.4. The predicted molar refractivity (Wildman–Crippen MR) is 114 cm³/mol. The Balaban J connectivity index is 1.63. The van der Waals surface area contributed by atoms with Crippen molar-refractivity contribution < 1.29 is 13.2 Å². The van der Waals surface area contributed by atoms with Gasteiger partial charge in [0.1, 0.15) is 5.82 Å². The molecule has 9 heteroatoms. The van der Waals surface area contributed by atoms with E-state index < -0.39 is 10.0 Å². The molecule has 1 atom stereocenters. The van der Waals surface area contributed by atoms with Crippen LogP contribution in [-0.4, -0.2) is 48.0 Å². The highest BCUT2D eigenvalue weighted by Gasteiger charge is 2.33. The number of likely N-dealkylation sites (tertiary alicyclic amines) is 1. The van der Waals surface area contributed by atoms with E-state index in [1.54, 1.807) is 29.2 Å². The van der Waals surface area contributed by atoms with Gasteiger partial charge in [-0.25, -0.2) is 13.4 Å². The number of aromatic amines is 1. The lowest BCUT2D eigenvalue weighted by atomic mass is 10.1. The van der Waals surface area contributed by atoms with Crippen molar-refractivity contribution in [3.05, 3.63) is 57.8 Å². The van der Waals surface area contributed by atoms with Crippen LogP contribution in [0.25, 0.3) is 0 Å². The van der Waals surface area contributed by atoms with Crippen molar-refractivity contribution >= 4 is 21.6 Å². The van der Waals surface area contributed by atoms with Crippen LogP contribution in [0.1, 0.15) is 60.5 Å². The highest BCUT2D eigenvalue weighted by molar-refractivity contribution is 7.92. The van der Waals surface area contributed by atoms with Crippen LogP contribution in [0, 0.1) is 0 Å². The first kappa shape index (κ1) is 20.6. The van der Waals surface area contributed by atoms with Crippen molar-refractivity contribution in [2.45, 2.75) is 45.1 Å². The molecule has 3 heterocycles. The molecular weight excluding hydrogens is 404 g/mol. The molecule has 0 aliphatic carbocycles. The molecule has 2 aliphatic rings. The van der Waals surface area contributed by atoms with E-state index in [4.69, 9.17) is 0 Å². The first-order valence-corrected chi connectivity index (χ1v) is 12.0. The fraction of sp³-hybridized carbons (Fsp3) is 0.476. The van der Waals surface area contributed by atoms with Gasteiger partial charge in [-0.05, 0) is 50.3 Å². The summed E-state index contributed by atoms with van der Waals surface area (Å²) < 4.78 is 26.3. The van der Waals surface area contributed by atoms with Crippen LogP contribution in [0.4, 0.5) is 5.69 Å². The second kappa shape index (κ2) is 8.22. The second-order valence-corrected chi connectivity index (χ2v) is 9.79. The highest BCUT2D eigenvalue weighted by atomic mass is 32.2. The van der Waals surface area contributed by atoms with E-state index in [-0.39, 0.29) is 23.3 Å². The van der Waals surface area contributed by atoms with Crippen molar-refractivity contribution in [1.82, 2.24) is 14.9 Å². The van der Waals surface area contributed by atoms with Gasteiger partial charge in [-0.15, -0.1) is 0 Å². The van der Waals surface area contributed by atoms with Crippen LogP contribution >= 0.6 is 0 Å². The minimum absolute atomic E-state index is 0.131. The Hall–Kier alpha value is -2.68. The Kier molecular flexibility index (Phi) is 5.64. The largest absolute Gasteiger partial charge is 0.328 e. The maximum Gasteiger partial charge on any atom is 0.254 e. The molecule has 8 nitrogen and oxygen atoms in total. The van der Waals surface area contributed by atoms with E-state index in [0.29, 0.717) is 48.7 Å². The smallest absolute Gasteiger partial charge is 0.254 e. The van der Waals surface area contributed by atoms with Gasteiger partial charge >= 0.3 is 0 Å². The number of nitrogens with one attached hydrogen (secondary N) is 1. The van der Waals surface area contributed by atoms with Gasteiger partial charge < -0.3 is 9.88 Å². The van der Waals surface area contributed by atoms with Crippen molar-refractivity contribution in [1.29, 1.82) is 0 Å². The van der Waals surface area contributed by atoms with E-state index in [2.05, 4.69) is 9.97 Å². The summed E-state index contributed by atoms with van der Waals surface area (Å²) in [5.41, 5.74) is 1.45. The molecule has 2 aromatic rings. The van der Waals surface area contributed by atoms with Crippen molar-refractivity contribution in [2.24, 2.45) is 0 Å². The summed E-state index contributed by atoms with van der Waals surface area (Å²) in [4.78, 5) is 34.3. The van der Waals surface area contributed by atoms with Gasteiger partial charge in [0, 0.05) is 30.4 Å². The molecule has 1 N–H and O–H groups in total. The topological polar surface area (TPSA) is 103 Å². The quantitative estimate of drug-likeness (QED) is 0.801. The fourth-order valence-electron chi connectivity index (χ4n) is 4.20. The van der Waals surface area contributed by atoms with Crippen molar-refractivity contribution in [3.8, 4) is 0 Å². The number of hydrogen-bond donors (Lipinski definition) is 1. The average Bonchev–Trinajstić information content (AvgIpc) is 3.22. The van der Waals surface area contributed by atoms with Crippen LogP contribution in [0.3, 0.4) is 0 Å². The van der Waals surface area contributed by atoms with Crippen LogP contribution < -0.4 is 9.86 Å². The van der Waals surface area contributed by atoms with E-state index in [0.717, 1.165) is 19.3 Å². The molecule has 4 rings (SSSR count). The third-order valence-corrected chi connectivity index (χ3v) is 7.60. The van der Waals surface area contributed by atoms with Gasteiger partial charge in [-0.1, -0.05) is 13.0 Å². The Morgan fingerprint density at radius 1 is 1.20 bits per heavy atom. The number of carbonyl (C=O) groups is 1. The van der Waals surface area contributed by atoms with E-state index in [1.165, 1.54) is 10.4 Å². The van der Waals surface area contributed by atoms with Crippen LogP contribution in [0.2, 0.25) is 0 Å². The van der Waals surface area contributed by atoms with Gasteiger partial charge in [0.25, 0.3) is 11.5 Å². The fourth-order valence-corrected chi connectivity index (χ4v) is 5.83. The number of aryl methyl sites for hydroxylation is 1. The lowest BCUT2D eigenvalue weighted by Crippen LogP contribution is -2.38. The number of benzene rings is 1. The molecule has 0 saturated carbocycles. The summed E-state index contributed by atoms with van der Waals surface area (Å²) in [5.74, 6) is 0.463. The molecule has 2 saturated heterocycles. The monoisotopic (exact) mass is 430 g/mol. The van der Waals surface area contributed by atoms with Gasteiger partial charge in [-0.2, -0.15) is 0 Å². The number of anilines is 1. The van der Waals surface area contributed by atoms with Crippen molar-refractivity contribution in [3.63, 3.8) is 0 Å². The number of H-pyrrole nitrogens is 1. The van der Waals surface area contributed by atoms with E-state index in [9.17, 15) is 18.0 Å². The summed E-state index contributed by atoms with van der Waals surface area (Å²) in [6, 6.07) is 7.99. The number of nitrogens with zero attached hydrogens (tertiary/aromatic N) is 3. The van der Waals surface area contributed by atoms with Gasteiger partial charge in [0.15, 0.2) is 0 Å². The molecule has 0 unspecified atom stereocenters. The summed E-state index contributed by atoms with van der Waals surface area (Å²) in [5, 5.41) is 0. The Morgan fingerprint density at radius 3 is 2.80 bits per heavy atom. The molecule has 0 bridgehead atoms. The minimum atomic E-state index is -3.35. The third kappa shape index (κ3) is 3.98. The molecular formula is C21H26N4O4S. The maximum atomic E-state index is 13.3. The molecule has 1 aromatic carbocycles. The van der Waals surface area contributed by atoms with Gasteiger partial charge in [0.2, 0.25) is 10.0 Å². The number of hydrogen-bond acceptors (Lipinski definition) is 5. The lowest BCUT2D eigenvalue weighted by Gasteiger charge is -2.29. The molecule has 2 fully saturated rings. The molecule has 0 radical (unpaired) electrons. The minimum Gasteiger partial charge on any atom is -0.328 e. The van der Waals surface area contributed by atoms with Crippen LogP contribution in [0.5, 0.6) is 0 Å². The summed E-state index contributed by atoms with van der Waals surface area (Å²) >= 11 is 0. The Labute approximate surface area is 176 Å². The van der Waals surface area contributed by atoms with E-state index >= 15 is 0 Å². The lowest BCUT2D eigenvalue weighted by molar-refractivity contribution is 0.0729. The average molecular weight is 431 g/mol. The summed E-state index contributed by atoms with van der Waals surface area (Å²) in [6.45, 7) is 2.93. The Morgan fingerprint density at radius 2 is 2.03 bits per heavy atom. The number of amides is 1. The number of carbonyl (C=O) groups excluding carboxylic acids is 1. The standard InChI is InChI=1S/C21H26N4O4S/c1-2-16-14-19(26)23-20(22-16)18-9-6-10-24(18)21(27)15-7-5-8-17(13-15)25-11-3-4-12-30(25,28)29/h5,7-8,13-14,18H,2-4,6,9-12H2,1H3,(H,22,23,26)/t18-/m1/s1. The van der Waals surface area contributed by atoms with Crippen LogP contribution in [0.15, 0.2) is 35.1 Å². The van der Waals surface area contributed by atoms with E-state index in [1.807, 2.05) is 6.92 Å². The normalized spacial score (nSPS) is 21.0. The zero-order valence-corrected chi connectivity index (χ0v) is 17.8. The van der Waals surface area contributed by atoms with Gasteiger partial charge in [-0.3, -0.25) is 13.9 Å². The first-order valence-electron chi connectivity index (χ1n) is 10.4. The zero-order valence-electron chi connectivity index (χ0n) is 17.0. The number of rotatable bonds is 4. The zero-order chi connectivity index (χ0) is 21.3. The molecule has 2 aliphatic heterocycles. The van der Waals surface area contributed by atoms with Crippen molar-refractivity contribution in [2.75, 3.05) is 23.1 Å². The molecule has 1 amide bonds. The highest BCUT2D eigenvalue weighted by Crippen LogP contribution is 2.32. The molecule has 1 aromatic heterocycles. The van der Waals surface area contributed by atoms with Crippen LogP contribution in [-0.2, 0) is 16.4 Å². The SMILES string of the molecule is CCc1cc(=O)[nH]c([C@H]2CCCN2C(=O)c2cccc(N3CCCCS3(=O)=O)c2)n1. The summed E-state index contributed by atoms with van der Waals surface area (Å²) in [7, 11) is -3.35. The Bertz CT molecular complexity index is 1110.